The van der Waals surface area contributed by atoms with Crippen molar-refractivity contribution in [3.8, 4) is 0 Å². The number of aryl methyl sites for hydroxylation is 1. The molecule has 0 aliphatic heterocycles. The monoisotopic (exact) mass is 292 g/mol. The van der Waals surface area contributed by atoms with Crippen LogP contribution in [0.4, 0.5) is 11.5 Å². The molecule has 0 atom stereocenters. The smallest absolute Gasteiger partial charge is 0.127 e. The van der Waals surface area contributed by atoms with Crippen LogP contribution in [0.5, 0.6) is 0 Å². The summed E-state index contributed by atoms with van der Waals surface area (Å²) in [4.78, 5) is 11.0. The van der Waals surface area contributed by atoms with Gasteiger partial charge in [-0.3, -0.25) is 4.98 Å². The highest BCUT2D eigenvalue weighted by molar-refractivity contribution is 5.95. The maximum atomic E-state index is 6.19. The minimum Gasteiger partial charge on any atom is -0.398 e. The summed E-state index contributed by atoms with van der Waals surface area (Å²) < 4.78 is 0. The van der Waals surface area contributed by atoms with Crippen LogP contribution in [-0.2, 0) is 6.42 Å². The van der Waals surface area contributed by atoms with Gasteiger partial charge in [0.25, 0.3) is 0 Å². The van der Waals surface area contributed by atoms with E-state index in [-0.39, 0.29) is 0 Å². The largest absolute Gasteiger partial charge is 0.398 e. The van der Waals surface area contributed by atoms with Crippen LogP contribution in [0.15, 0.2) is 42.7 Å². The zero-order valence-corrected chi connectivity index (χ0v) is 13.2. The van der Waals surface area contributed by atoms with E-state index >= 15 is 0 Å². The quantitative estimate of drug-likeness (QED) is 0.753. The van der Waals surface area contributed by atoms with Gasteiger partial charge in [0, 0.05) is 49.4 Å². The number of nitrogens with zero attached hydrogens (tertiary/aromatic N) is 3. The minimum absolute atomic E-state index is 0.751. The number of pyridine rings is 2. The van der Waals surface area contributed by atoms with Crippen LogP contribution in [0.25, 0.3) is 10.8 Å². The molecule has 1 aromatic carbocycles. The van der Waals surface area contributed by atoms with E-state index in [0.717, 1.165) is 45.5 Å². The Bertz CT molecular complexity index is 807. The van der Waals surface area contributed by atoms with Crippen LogP contribution >= 0.6 is 0 Å². The van der Waals surface area contributed by atoms with Gasteiger partial charge >= 0.3 is 0 Å². The standard InChI is InChI=1S/C18H20N4/c1-12-4-6-14-15(18(12)19)8-9-20-16(14)10-13-5-7-17(21-11-13)22(2)3/h4-9,11H,10,19H2,1-3H3. The first-order valence-corrected chi connectivity index (χ1v) is 7.31. The third-order valence-electron chi connectivity index (χ3n) is 3.93. The molecule has 0 radical (unpaired) electrons. The Morgan fingerprint density at radius 1 is 1.00 bits per heavy atom. The lowest BCUT2D eigenvalue weighted by atomic mass is 10.0. The Labute approximate surface area is 130 Å². The van der Waals surface area contributed by atoms with Gasteiger partial charge in [-0.1, -0.05) is 18.2 Å². The lowest BCUT2D eigenvalue weighted by molar-refractivity contribution is 1.03. The Hall–Kier alpha value is -2.62. The van der Waals surface area contributed by atoms with Gasteiger partial charge in [0.2, 0.25) is 0 Å². The molecule has 22 heavy (non-hydrogen) atoms. The summed E-state index contributed by atoms with van der Waals surface area (Å²) in [5.41, 5.74) is 10.3. The lowest BCUT2D eigenvalue weighted by Gasteiger charge is -2.12. The van der Waals surface area contributed by atoms with Crippen molar-refractivity contribution in [1.29, 1.82) is 0 Å². The molecule has 112 valence electrons. The first kappa shape index (κ1) is 14.3. The van der Waals surface area contributed by atoms with E-state index in [9.17, 15) is 0 Å². The fourth-order valence-electron chi connectivity index (χ4n) is 2.57. The summed E-state index contributed by atoms with van der Waals surface area (Å²) in [5, 5.41) is 2.19. The third kappa shape index (κ3) is 2.60. The van der Waals surface area contributed by atoms with E-state index < -0.39 is 0 Å². The molecule has 0 fully saturated rings. The Balaban J connectivity index is 1.99. The zero-order valence-electron chi connectivity index (χ0n) is 13.2. The second-order valence-electron chi connectivity index (χ2n) is 5.74. The van der Waals surface area contributed by atoms with E-state index in [1.165, 1.54) is 0 Å². The molecule has 0 aliphatic carbocycles. The van der Waals surface area contributed by atoms with Crippen molar-refractivity contribution in [1.82, 2.24) is 9.97 Å². The third-order valence-corrected chi connectivity index (χ3v) is 3.93. The summed E-state index contributed by atoms with van der Waals surface area (Å²) in [6, 6.07) is 10.3. The second-order valence-corrected chi connectivity index (χ2v) is 5.74. The average Bonchev–Trinajstić information content (AvgIpc) is 2.52. The van der Waals surface area contributed by atoms with Crippen molar-refractivity contribution in [3.05, 3.63) is 59.5 Å². The number of fused-ring (bicyclic) bond motifs is 1. The first-order valence-electron chi connectivity index (χ1n) is 7.31. The molecule has 0 unspecified atom stereocenters. The van der Waals surface area contributed by atoms with Crippen LogP contribution in [0, 0.1) is 6.92 Å². The summed E-state index contributed by atoms with van der Waals surface area (Å²) in [6.45, 7) is 2.03. The van der Waals surface area contributed by atoms with Gasteiger partial charge < -0.3 is 10.6 Å². The molecule has 0 saturated heterocycles. The van der Waals surface area contributed by atoms with Crippen molar-refractivity contribution in [2.45, 2.75) is 13.3 Å². The lowest BCUT2D eigenvalue weighted by Crippen LogP contribution is -2.10. The summed E-state index contributed by atoms with van der Waals surface area (Å²) in [7, 11) is 3.97. The van der Waals surface area contributed by atoms with Crippen molar-refractivity contribution >= 4 is 22.3 Å². The number of rotatable bonds is 3. The zero-order chi connectivity index (χ0) is 15.7. The molecular formula is C18H20N4. The van der Waals surface area contributed by atoms with Crippen LogP contribution in [0.1, 0.15) is 16.8 Å². The number of anilines is 2. The minimum atomic E-state index is 0.751. The second kappa shape index (κ2) is 5.64. The number of aromatic nitrogens is 2. The fourth-order valence-corrected chi connectivity index (χ4v) is 2.57. The van der Waals surface area contributed by atoms with E-state index in [2.05, 4.69) is 28.2 Å². The Morgan fingerprint density at radius 2 is 1.82 bits per heavy atom. The van der Waals surface area contributed by atoms with Gasteiger partial charge in [-0.05, 0) is 30.2 Å². The molecule has 4 heteroatoms. The maximum Gasteiger partial charge on any atom is 0.127 e. The van der Waals surface area contributed by atoms with E-state index in [1.807, 2.05) is 50.4 Å². The van der Waals surface area contributed by atoms with Crippen LogP contribution in [-0.4, -0.2) is 24.1 Å². The Morgan fingerprint density at radius 3 is 2.50 bits per heavy atom. The summed E-state index contributed by atoms with van der Waals surface area (Å²) in [5.74, 6) is 0.953. The predicted octanol–water partition coefficient (Wildman–Crippen LogP) is 3.18. The Kier molecular flexibility index (Phi) is 3.67. The van der Waals surface area contributed by atoms with E-state index in [4.69, 9.17) is 5.73 Å². The molecule has 0 saturated carbocycles. The molecule has 2 aromatic heterocycles. The first-order chi connectivity index (χ1) is 10.6. The summed E-state index contributed by atoms with van der Waals surface area (Å²) >= 11 is 0. The van der Waals surface area contributed by atoms with Crippen molar-refractivity contribution < 1.29 is 0 Å². The van der Waals surface area contributed by atoms with Crippen LogP contribution in [0.2, 0.25) is 0 Å². The van der Waals surface area contributed by atoms with E-state index in [0.29, 0.717) is 0 Å². The normalized spacial score (nSPS) is 10.9. The topological polar surface area (TPSA) is 55.0 Å². The predicted molar refractivity (Wildman–Crippen MR) is 92.3 cm³/mol. The van der Waals surface area contributed by atoms with Gasteiger partial charge in [0.05, 0.1) is 5.69 Å². The number of hydrogen-bond donors (Lipinski definition) is 1. The summed E-state index contributed by atoms with van der Waals surface area (Å²) in [6.07, 6.45) is 4.49. The molecule has 0 bridgehead atoms. The highest BCUT2D eigenvalue weighted by Crippen LogP contribution is 2.27. The number of nitrogen functional groups attached to an aromatic ring is 1. The highest BCUT2D eigenvalue weighted by Gasteiger charge is 2.08. The van der Waals surface area contributed by atoms with Crippen LogP contribution < -0.4 is 10.6 Å². The number of benzene rings is 1. The van der Waals surface area contributed by atoms with Gasteiger partial charge in [0.1, 0.15) is 5.82 Å². The SMILES string of the molecule is Cc1ccc2c(Cc3ccc(N(C)C)nc3)nccc2c1N. The molecule has 0 amide bonds. The average molecular weight is 292 g/mol. The molecule has 0 aliphatic rings. The molecule has 0 spiro atoms. The van der Waals surface area contributed by atoms with E-state index in [1.54, 1.807) is 0 Å². The molecule has 2 heterocycles. The molecule has 3 rings (SSSR count). The van der Waals surface area contributed by atoms with Crippen molar-refractivity contribution in [3.63, 3.8) is 0 Å². The van der Waals surface area contributed by atoms with Crippen LogP contribution in [0.3, 0.4) is 0 Å². The van der Waals surface area contributed by atoms with Crippen molar-refractivity contribution in [2.75, 3.05) is 24.7 Å². The number of hydrogen-bond acceptors (Lipinski definition) is 4. The van der Waals surface area contributed by atoms with Gasteiger partial charge in [-0.15, -0.1) is 0 Å². The van der Waals surface area contributed by atoms with Gasteiger partial charge in [-0.2, -0.15) is 0 Å². The molecule has 2 N–H and O–H groups in total. The maximum absolute atomic E-state index is 6.19. The van der Waals surface area contributed by atoms with Gasteiger partial charge in [0.15, 0.2) is 0 Å². The fraction of sp³-hybridized carbons (Fsp3) is 0.222. The molecule has 4 nitrogen and oxygen atoms in total. The van der Waals surface area contributed by atoms with Crippen molar-refractivity contribution in [2.24, 2.45) is 0 Å². The number of nitrogens with two attached hydrogens (primary N) is 1. The molecule has 3 aromatic rings. The van der Waals surface area contributed by atoms with Gasteiger partial charge in [-0.25, -0.2) is 4.98 Å². The highest BCUT2D eigenvalue weighted by atomic mass is 15.1. The molecular weight excluding hydrogens is 272 g/mol.